The largest absolute Gasteiger partial charge is 0.370 e. The molecule has 124 valence electrons. The Morgan fingerprint density at radius 2 is 1.96 bits per heavy atom. The number of aromatic nitrogens is 1. The van der Waals surface area contributed by atoms with E-state index < -0.39 is 0 Å². The Labute approximate surface area is 136 Å². The Hall–Kier alpha value is -2.11. The number of amides is 2. The zero-order chi connectivity index (χ0) is 16.2. The number of hydrogen-bond acceptors (Lipinski definition) is 4. The summed E-state index contributed by atoms with van der Waals surface area (Å²) in [6.45, 7) is 4.17. The molecule has 6 nitrogen and oxygen atoms in total. The molecule has 3 rings (SSSR count). The molecule has 2 N–H and O–H groups in total. The topological polar surface area (TPSA) is 74.3 Å². The summed E-state index contributed by atoms with van der Waals surface area (Å²) in [4.78, 5) is 29.4. The fourth-order valence-electron chi connectivity index (χ4n) is 2.83. The number of hydrogen-bond donors (Lipinski definition) is 2. The maximum Gasteiger partial charge on any atom is 0.253 e. The fraction of sp³-hybridized carbons (Fsp3) is 0.588. The zero-order valence-corrected chi connectivity index (χ0v) is 13.5. The van der Waals surface area contributed by atoms with E-state index in [0.717, 1.165) is 51.1 Å². The van der Waals surface area contributed by atoms with Gasteiger partial charge in [-0.2, -0.15) is 0 Å². The third-order valence-corrected chi connectivity index (χ3v) is 4.57. The molecule has 1 aliphatic carbocycles. The van der Waals surface area contributed by atoms with E-state index >= 15 is 0 Å². The van der Waals surface area contributed by atoms with Crippen molar-refractivity contribution >= 4 is 17.6 Å². The number of likely N-dealkylation sites (tertiary alicyclic amines) is 1. The molecule has 2 amide bonds. The Morgan fingerprint density at radius 3 is 2.52 bits per heavy atom. The Kier molecular flexibility index (Phi) is 4.79. The lowest BCUT2D eigenvalue weighted by Crippen LogP contribution is -2.38. The van der Waals surface area contributed by atoms with Crippen LogP contribution in [0.1, 0.15) is 43.0 Å². The van der Waals surface area contributed by atoms with Crippen LogP contribution < -0.4 is 10.6 Å². The lowest BCUT2D eigenvalue weighted by Gasteiger charge is -2.31. The minimum atomic E-state index is -0.0387. The van der Waals surface area contributed by atoms with Crippen LogP contribution in [0.5, 0.6) is 0 Å². The lowest BCUT2D eigenvalue weighted by molar-refractivity contribution is -0.130. The first-order valence-electron chi connectivity index (χ1n) is 8.38. The summed E-state index contributed by atoms with van der Waals surface area (Å²) in [7, 11) is 0. The summed E-state index contributed by atoms with van der Waals surface area (Å²) in [6.07, 6.45) is 5.84. The van der Waals surface area contributed by atoms with Crippen molar-refractivity contribution < 1.29 is 9.59 Å². The van der Waals surface area contributed by atoms with Crippen LogP contribution in [-0.2, 0) is 4.79 Å². The van der Waals surface area contributed by atoms with Crippen molar-refractivity contribution in [1.29, 1.82) is 0 Å². The van der Waals surface area contributed by atoms with E-state index in [0.29, 0.717) is 17.5 Å². The molecule has 1 saturated heterocycles. The first-order valence-corrected chi connectivity index (χ1v) is 8.38. The molecule has 0 unspecified atom stereocenters. The predicted molar refractivity (Wildman–Crippen MR) is 88.2 cm³/mol. The van der Waals surface area contributed by atoms with Gasteiger partial charge in [0.25, 0.3) is 5.91 Å². The van der Waals surface area contributed by atoms with Crippen molar-refractivity contribution in [3.05, 3.63) is 23.9 Å². The fourth-order valence-corrected chi connectivity index (χ4v) is 2.83. The first-order chi connectivity index (χ1) is 11.1. The third-order valence-electron chi connectivity index (χ3n) is 4.57. The first kappa shape index (κ1) is 15.8. The van der Waals surface area contributed by atoms with Crippen LogP contribution in [0.2, 0.25) is 0 Å². The number of carbonyl (C=O) groups is 2. The molecule has 0 spiro atoms. The van der Waals surface area contributed by atoms with Crippen LogP contribution in [0.25, 0.3) is 0 Å². The van der Waals surface area contributed by atoms with E-state index in [-0.39, 0.29) is 11.8 Å². The number of pyridine rings is 1. The molecule has 1 saturated carbocycles. The number of piperidine rings is 1. The Morgan fingerprint density at radius 1 is 1.22 bits per heavy atom. The monoisotopic (exact) mass is 316 g/mol. The van der Waals surface area contributed by atoms with E-state index in [2.05, 4.69) is 15.6 Å². The van der Waals surface area contributed by atoms with Crippen LogP contribution in [0, 0.1) is 5.92 Å². The van der Waals surface area contributed by atoms with Crippen LogP contribution >= 0.6 is 0 Å². The van der Waals surface area contributed by atoms with Crippen LogP contribution in [0.4, 0.5) is 5.82 Å². The lowest BCUT2D eigenvalue weighted by atomic mass is 9.97. The predicted octanol–water partition coefficient (Wildman–Crippen LogP) is 1.64. The second-order valence-electron chi connectivity index (χ2n) is 6.51. The van der Waals surface area contributed by atoms with Crippen LogP contribution in [-0.4, -0.2) is 47.4 Å². The molecule has 0 bridgehead atoms. The van der Waals surface area contributed by atoms with Gasteiger partial charge < -0.3 is 15.5 Å². The van der Waals surface area contributed by atoms with Gasteiger partial charge in [0.15, 0.2) is 0 Å². The average Bonchev–Trinajstić information content (AvgIpc) is 3.37. The SMILES string of the molecule is CC(=O)N1CCC(CNc2ccc(C(=O)NC3CC3)cn2)CC1. The highest BCUT2D eigenvalue weighted by Crippen LogP contribution is 2.20. The highest BCUT2D eigenvalue weighted by atomic mass is 16.2. The number of nitrogens with one attached hydrogen (secondary N) is 2. The molecule has 0 atom stereocenters. The second-order valence-corrected chi connectivity index (χ2v) is 6.51. The van der Waals surface area contributed by atoms with Crippen molar-refractivity contribution in [2.75, 3.05) is 25.0 Å². The minimum absolute atomic E-state index is 0.0387. The Balaban J connectivity index is 1.43. The zero-order valence-electron chi connectivity index (χ0n) is 13.5. The third kappa shape index (κ3) is 4.43. The summed E-state index contributed by atoms with van der Waals surface area (Å²) in [6, 6.07) is 4.03. The average molecular weight is 316 g/mol. The summed E-state index contributed by atoms with van der Waals surface area (Å²) in [5.74, 6) is 1.48. The van der Waals surface area contributed by atoms with E-state index in [4.69, 9.17) is 0 Å². The maximum atomic E-state index is 11.9. The standard InChI is InChI=1S/C17H24N4O2/c1-12(22)21-8-6-13(7-9-21)10-18-16-5-2-14(11-19-16)17(23)20-15-3-4-15/h2,5,11,13,15H,3-4,6-10H2,1H3,(H,18,19)(H,20,23). The van der Waals surface area contributed by atoms with Gasteiger partial charge in [-0.1, -0.05) is 0 Å². The van der Waals surface area contributed by atoms with E-state index in [1.807, 2.05) is 17.0 Å². The molecule has 0 aromatic carbocycles. The molecular formula is C17H24N4O2. The molecule has 23 heavy (non-hydrogen) atoms. The van der Waals surface area contributed by atoms with Crippen molar-refractivity contribution in [2.45, 2.75) is 38.6 Å². The highest BCUT2D eigenvalue weighted by molar-refractivity contribution is 5.94. The molecule has 2 fully saturated rings. The molecular weight excluding hydrogens is 292 g/mol. The van der Waals surface area contributed by atoms with Gasteiger partial charge in [-0.05, 0) is 43.7 Å². The van der Waals surface area contributed by atoms with Gasteiger partial charge in [0.1, 0.15) is 5.82 Å². The van der Waals surface area contributed by atoms with E-state index in [1.54, 1.807) is 13.1 Å². The van der Waals surface area contributed by atoms with Gasteiger partial charge in [-0.3, -0.25) is 9.59 Å². The van der Waals surface area contributed by atoms with Crippen molar-refractivity contribution in [2.24, 2.45) is 5.92 Å². The van der Waals surface area contributed by atoms with Gasteiger partial charge in [-0.15, -0.1) is 0 Å². The number of rotatable bonds is 5. The van der Waals surface area contributed by atoms with Gasteiger partial charge >= 0.3 is 0 Å². The summed E-state index contributed by atoms with van der Waals surface area (Å²) >= 11 is 0. The molecule has 2 aliphatic rings. The summed E-state index contributed by atoms with van der Waals surface area (Å²) in [5.41, 5.74) is 0.609. The second kappa shape index (κ2) is 6.98. The molecule has 6 heteroatoms. The number of anilines is 1. The number of carbonyl (C=O) groups excluding carboxylic acids is 2. The van der Waals surface area contributed by atoms with E-state index in [9.17, 15) is 9.59 Å². The Bertz CT molecular complexity index is 560. The van der Waals surface area contributed by atoms with Crippen molar-refractivity contribution in [3.8, 4) is 0 Å². The van der Waals surface area contributed by atoms with E-state index in [1.165, 1.54) is 0 Å². The molecule has 1 aromatic rings. The normalized spacial score (nSPS) is 18.6. The van der Waals surface area contributed by atoms with Crippen molar-refractivity contribution in [1.82, 2.24) is 15.2 Å². The van der Waals surface area contributed by atoms with Gasteiger partial charge in [0.05, 0.1) is 5.56 Å². The smallest absolute Gasteiger partial charge is 0.253 e. The maximum absolute atomic E-state index is 11.9. The highest BCUT2D eigenvalue weighted by Gasteiger charge is 2.24. The molecule has 0 radical (unpaired) electrons. The number of nitrogens with zero attached hydrogens (tertiary/aromatic N) is 2. The van der Waals surface area contributed by atoms with Crippen LogP contribution in [0.15, 0.2) is 18.3 Å². The minimum Gasteiger partial charge on any atom is -0.370 e. The summed E-state index contributed by atoms with van der Waals surface area (Å²) in [5, 5.41) is 6.29. The van der Waals surface area contributed by atoms with Crippen molar-refractivity contribution in [3.63, 3.8) is 0 Å². The molecule has 1 aromatic heterocycles. The van der Waals surface area contributed by atoms with Gasteiger partial charge in [0, 0.05) is 38.8 Å². The van der Waals surface area contributed by atoms with Crippen LogP contribution in [0.3, 0.4) is 0 Å². The quantitative estimate of drug-likeness (QED) is 0.866. The van der Waals surface area contributed by atoms with Gasteiger partial charge in [-0.25, -0.2) is 4.98 Å². The van der Waals surface area contributed by atoms with Gasteiger partial charge in [0.2, 0.25) is 5.91 Å². The molecule has 2 heterocycles. The molecule has 1 aliphatic heterocycles. The summed E-state index contributed by atoms with van der Waals surface area (Å²) < 4.78 is 0.